The number of carbonyl (C=O) groups is 4. The van der Waals surface area contributed by atoms with Gasteiger partial charge in [0, 0.05) is 46.1 Å². The molecule has 2 atom stereocenters. The summed E-state index contributed by atoms with van der Waals surface area (Å²) >= 11 is 0. The van der Waals surface area contributed by atoms with E-state index in [1.807, 2.05) is 24.3 Å². The molecule has 7 rings (SSSR count). The summed E-state index contributed by atoms with van der Waals surface area (Å²) in [5.41, 5.74) is 2.38. The maximum absolute atomic E-state index is 14.6. The summed E-state index contributed by atoms with van der Waals surface area (Å²) in [6, 6.07) is 15.9. The molecule has 0 aliphatic carbocycles. The number of carbonyl (C=O) groups excluding carboxylic acids is 4. The largest absolute Gasteiger partial charge is 0.274 e. The second-order valence-electron chi connectivity index (χ2n) is 22.0. The molecule has 2 heterocycles. The Morgan fingerprint density at radius 3 is 0.729 bits per heavy atom. The smallest absolute Gasteiger partial charge is 0.261 e. The average molecular weight is 951 g/mol. The summed E-state index contributed by atoms with van der Waals surface area (Å²) in [5, 5.41) is 7.10. The van der Waals surface area contributed by atoms with Gasteiger partial charge in [0.1, 0.15) is 0 Å². The van der Waals surface area contributed by atoms with Gasteiger partial charge in [0.05, 0.1) is 0 Å². The Morgan fingerprint density at radius 2 is 0.500 bits per heavy atom. The summed E-state index contributed by atoms with van der Waals surface area (Å²) in [6.45, 7) is 9.99. The summed E-state index contributed by atoms with van der Waals surface area (Å²) in [5.74, 6) is -0.154. The van der Waals surface area contributed by atoms with Crippen molar-refractivity contribution in [3.8, 4) is 0 Å². The minimum Gasteiger partial charge on any atom is -0.274 e. The van der Waals surface area contributed by atoms with Crippen molar-refractivity contribution < 1.29 is 19.2 Å². The van der Waals surface area contributed by atoms with E-state index in [0.717, 1.165) is 94.5 Å². The lowest BCUT2D eigenvalue weighted by atomic mass is 9.82. The van der Waals surface area contributed by atoms with E-state index < -0.39 is 0 Å². The van der Waals surface area contributed by atoms with Crippen molar-refractivity contribution in [1.29, 1.82) is 0 Å². The van der Waals surface area contributed by atoms with E-state index in [-0.39, 0.29) is 23.6 Å². The van der Waals surface area contributed by atoms with Crippen LogP contribution in [0.25, 0.3) is 43.1 Å². The van der Waals surface area contributed by atoms with Crippen LogP contribution in [0.15, 0.2) is 48.5 Å². The summed E-state index contributed by atoms with van der Waals surface area (Å²) in [4.78, 5) is 61.7. The molecule has 4 amide bonds. The highest BCUT2D eigenvalue weighted by Crippen LogP contribution is 2.46. The maximum atomic E-state index is 14.6. The van der Waals surface area contributed by atoms with Crippen LogP contribution in [0.3, 0.4) is 0 Å². The third kappa shape index (κ3) is 12.8. The molecule has 70 heavy (non-hydrogen) atoms. The predicted octanol–water partition coefficient (Wildman–Crippen LogP) is 18.7. The Hall–Kier alpha value is -4.32. The zero-order chi connectivity index (χ0) is 49.2. The monoisotopic (exact) mass is 951 g/mol. The topological polar surface area (TPSA) is 74.8 Å². The van der Waals surface area contributed by atoms with Crippen molar-refractivity contribution in [2.24, 2.45) is 11.8 Å². The fourth-order valence-corrected chi connectivity index (χ4v) is 12.4. The first-order valence-corrected chi connectivity index (χ1v) is 29.3. The van der Waals surface area contributed by atoms with Crippen molar-refractivity contribution in [3.63, 3.8) is 0 Å². The lowest BCUT2D eigenvalue weighted by Gasteiger charge is -2.32. The van der Waals surface area contributed by atoms with E-state index in [1.54, 1.807) is 9.80 Å². The molecule has 0 fully saturated rings. The third-order valence-electron chi connectivity index (χ3n) is 16.5. The lowest BCUT2D eigenvalue weighted by Crippen LogP contribution is -2.43. The number of benzene rings is 5. The van der Waals surface area contributed by atoms with Crippen LogP contribution in [0.1, 0.15) is 275 Å². The SMILES string of the molecule is CCCCCCCCCCC(CCCCCCCC)CN1C(=O)c2ccc3c4ccc5c6c(ccc(c7ccc(c2c37)C1=O)c64)C(=O)N(CC(CCCCCCCC)CCCCCCCCCC)C5=O. The van der Waals surface area contributed by atoms with E-state index in [0.29, 0.717) is 47.2 Å². The number of nitrogens with zero attached hydrogens (tertiary/aromatic N) is 2. The number of hydrogen-bond donors (Lipinski definition) is 0. The second-order valence-corrected chi connectivity index (χ2v) is 22.0. The van der Waals surface area contributed by atoms with Crippen LogP contribution in [0, 0.1) is 11.8 Å². The first kappa shape index (κ1) is 53.5. The Morgan fingerprint density at radius 1 is 0.286 bits per heavy atom. The molecular formula is C64H90N2O4. The summed E-state index contributed by atoms with van der Waals surface area (Å²) in [6.07, 6.45) is 39.3. The first-order chi connectivity index (χ1) is 34.3. The van der Waals surface area contributed by atoms with Gasteiger partial charge in [0.25, 0.3) is 23.6 Å². The molecule has 2 aliphatic rings. The van der Waals surface area contributed by atoms with Crippen molar-refractivity contribution >= 4 is 66.7 Å². The maximum Gasteiger partial charge on any atom is 0.261 e. The zero-order valence-electron chi connectivity index (χ0n) is 44.3. The van der Waals surface area contributed by atoms with Gasteiger partial charge in [-0.25, -0.2) is 0 Å². The number of unbranched alkanes of at least 4 members (excludes halogenated alkanes) is 24. The number of amides is 4. The van der Waals surface area contributed by atoms with Gasteiger partial charge in [0.2, 0.25) is 0 Å². The molecule has 0 spiro atoms. The predicted molar refractivity (Wildman–Crippen MR) is 296 cm³/mol. The Balaban J connectivity index is 1.11. The molecule has 6 heteroatoms. The van der Waals surface area contributed by atoms with Crippen molar-refractivity contribution in [1.82, 2.24) is 9.80 Å². The highest BCUT2D eigenvalue weighted by Gasteiger charge is 2.38. The quantitative estimate of drug-likeness (QED) is 0.0173. The molecular weight excluding hydrogens is 861 g/mol. The molecule has 5 aromatic carbocycles. The number of imide groups is 2. The number of rotatable bonds is 36. The van der Waals surface area contributed by atoms with E-state index in [9.17, 15) is 19.2 Å². The average Bonchev–Trinajstić information content (AvgIpc) is 3.37. The first-order valence-electron chi connectivity index (χ1n) is 29.3. The Labute approximate surface area is 422 Å². The van der Waals surface area contributed by atoms with Gasteiger partial charge < -0.3 is 0 Å². The highest BCUT2D eigenvalue weighted by molar-refractivity contribution is 6.41. The Kier molecular flexibility index (Phi) is 21.0. The van der Waals surface area contributed by atoms with Crippen LogP contribution >= 0.6 is 0 Å². The summed E-state index contributed by atoms with van der Waals surface area (Å²) in [7, 11) is 0. The molecule has 0 radical (unpaired) electrons. The zero-order valence-corrected chi connectivity index (χ0v) is 44.3. The van der Waals surface area contributed by atoms with Crippen LogP contribution in [0.2, 0.25) is 0 Å². The molecule has 380 valence electrons. The second kappa shape index (κ2) is 27.5. The van der Waals surface area contributed by atoms with Crippen molar-refractivity contribution in [2.45, 2.75) is 233 Å². The third-order valence-corrected chi connectivity index (χ3v) is 16.5. The molecule has 6 nitrogen and oxygen atoms in total. The molecule has 2 unspecified atom stereocenters. The van der Waals surface area contributed by atoms with Gasteiger partial charge in [-0.2, -0.15) is 0 Å². The standard InChI is InChI=1S/C64H90N2O4/c1-5-9-13-17-21-23-27-31-35-47(33-29-25-19-15-11-7-3)45-65-61(67)53-41-37-49-51-39-43-55-60-56(44-40-52(58(51)60)50-38-42-54(62(65)68)59(53)57(49)50)64(70)66(63(55)69)46-48(34-30-26-20-16-12-8-4)36-32-28-24-22-18-14-10-6-2/h37-44,47-48H,5-36,45-46H2,1-4H3. The van der Waals surface area contributed by atoms with E-state index >= 15 is 0 Å². The molecule has 2 aliphatic heterocycles. The molecule has 0 bridgehead atoms. The van der Waals surface area contributed by atoms with Crippen LogP contribution in [-0.4, -0.2) is 46.5 Å². The van der Waals surface area contributed by atoms with Gasteiger partial charge in [-0.05, 0) is 94.1 Å². The molecule has 0 aromatic heterocycles. The van der Waals surface area contributed by atoms with Crippen LogP contribution in [0.4, 0.5) is 0 Å². The molecule has 0 N–H and O–H groups in total. The fraction of sp³-hybridized carbons (Fsp3) is 0.625. The van der Waals surface area contributed by atoms with Gasteiger partial charge in [0.15, 0.2) is 0 Å². The summed E-state index contributed by atoms with van der Waals surface area (Å²) < 4.78 is 0. The minimum atomic E-state index is -0.186. The van der Waals surface area contributed by atoms with E-state index in [4.69, 9.17) is 0 Å². The van der Waals surface area contributed by atoms with Crippen LogP contribution < -0.4 is 0 Å². The molecule has 5 aromatic rings. The molecule has 0 saturated heterocycles. The normalized spacial score (nSPS) is 14.7. The molecule has 0 saturated carbocycles. The minimum absolute atomic E-state index is 0.186. The fourth-order valence-electron chi connectivity index (χ4n) is 12.4. The Bertz CT molecular complexity index is 2190. The van der Waals surface area contributed by atoms with Crippen LogP contribution in [0.5, 0.6) is 0 Å². The van der Waals surface area contributed by atoms with Crippen LogP contribution in [-0.2, 0) is 0 Å². The van der Waals surface area contributed by atoms with E-state index in [2.05, 4.69) is 52.0 Å². The lowest BCUT2D eigenvalue weighted by molar-refractivity contribution is 0.0563. The van der Waals surface area contributed by atoms with Gasteiger partial charge in [-0.1, -0.05) is 232 Å². The van der Waals surface area contributed by atoms with E-state index in [1.165, 1.54) is 154 Å². The van der Waals surface area contributed by atoms with Gasteiger partial charge in [-0.3, -0.25) is 29.0 Å². The number of hydrogen-bond acceptors (Lipinski definition) is 4. The van der Waals surface area contributed by atoms with Crippen molar-refractivity contribution in [3.05, 3.63) is 70.8 Å². The van der Waals surface area contributed by atoms with Crippen molar-refractivity contribution in [2.75, 3.05) is 13.1 Å². The van der Waals surface area contributed by atoms with Gasteiger partial charge in [-0.15, -0.1) is 0 Å². The highest BCUT2D eigenvalue weighted by atomic mass is 16.2. The van der Waals surface area contributed by atoms with Gasteiger partial charge >= 0.3 is 0 Å². The number of fused-ring (bicyclic) bond motifs is 2.